The molecule has 1 aromatic heterocycles. The number of aryl methyl sites for hydroxylation is 1. The maximum absolute atomic E-state index is 6.57. The van der Waals surface area contributed by atoms with E-state index in [1.807, 2.05) is 79.7 Å². The summed E-state index contributed by atoms with van der Waals surface area (Å²) in [5.41, 5.74) is 4.80. The van der Waals surface area contributed by atoms with Gasteiger partial charge in [0, 0.05) is 17.3 Å². The zero-order valence-electron chi connectivity index (χ0n) is 16.4. The Hall–Kier alpha value is -2.51. The van der Waals surface area contributed by atoms with E-state index in [-0.39, 0.29) is 0 Å². The summed E-state index contributed by atoms with van der Waals surface area (Å²) in [6.45, 7) is 2.85. The molecule has 4 rings (SSSR count). The summed E-state index contributed by atoms with van der Waals surface area (Å²) in [6.07, 6.45) is 0. The lowest BCUT2D eigenvalue weighted by molar-refractivity contribution is 0.291. The standard InChI is InChI=1S/C24H20ClIN2O2/c1-16-23(26)24(28-27-16)19-12-20(25)22(30-15-18-10-6-3-7-11-18)13-21(19)29-14-17-8-4-2-5-9-17/h2-13H,14-15H2,1H3,(H,27,28). The van der Waals surface area contributed by atoms with Crippen LogP contribution in [-0.4, -0.2) is 10.2 Å². The second-order valence-corrected chi connectivity index (χ2v) is 8.32. The Morgan fingerprint density at radius 1 is 0.867 bits per heavy atom. The van der Waals surface area contributed by atoms with Crippen molar-refractivity contribution in [3.63, 3.8) is 0 Å². The Labute approximate surface area is 194 Å². The van der Waals surface area contributed by atoms with Crippen LogP contribution in [0.5, 0.6) is 11.5 Å². The lowest BCUT2D eigenvalue weighted by Crippen LogP contribution is -2.00. The Bertz CT molecular complexity index is 1130. The largest absolute Gasteiger partial charge is 0.488 e. The predicted molar refractivity (Wildman–Crippen MR) is 128 cm³/mol. The average Bonchev–Trinajstić information content (AvgIpc) is 3.11. The molecule has 0 unspecified atom stereocenters. The molecule has 4 nitrogen and oxygen atoms in total. The van der Waals surface area contributed by atoms with Gasteiger partial charge in [0.1, 0.15) is 30.4 Å². The number of benzene rings is 3. The molecule has 6 heteroatoms. The van der Waals surface area contributed by atoms with E-state index < -0.39 is 0 Å². The Morgan fingerprint density at radius 3 is 1.97 bits per heavy atom. The number of hydrogen-bond acceptors (Lipinski definition) is 3. The number of rotatable bonds is 7. The van der Waals surface area contributed by atoms with Crippen LogP contribution in [0.2, 0.25) is 5.02 Å². The highest BCUT2D eigenvalue weighted by atomic mass is 127. The minimum atomic E-state index is 0.428. The molecule has 1 heterocycles. The number of halogens is 2. The van der Waals surface area contributed by atoms with E-state index in [1.165, 1.54) is 0 Å². The minimum absolute atomic E-state index is 0.428. The van der Waals surface area contributed by atoms with E-state index in [0.717, 1.165) is 31.6 Å². The molecule has 0 atom stereocenters. The topological polar surface area (TPSA) is 47.1 Å². The van der Waals surface area contributed by atoms with Gasteiger partial charge in [-0.2, -0.15) is 5.10 Å². The van der Waals surface area contributed by atoms with Crippen molar-refractivity contribution in [2.45, 2.75) is 20.1 Å². The van der Waals surface area contributed by atoms with Gasteiger partial charge in [0.05, 0.1) is 8.59 Å². The SMILES string of the molecule is Cc1[nH]nc(-c2cc(Cl)c(OCc3ccccc3)cc2OCc2ccccc2)c1I. The normalized spacial score (nSPS) is 10.8. The molecule has 0 aliphatic carbocycles. The molecule has 30 heavy (non-hydrogen) atoms. The van der Waals surface area contributed by atoms with Gasteiger partial charge in [-0.15, -0.1) is 0 Å². The van der Waals surface area contributed by atoms with E-state index in [4.69, 9.17) is 21.1 Å². The summed E-state index contributed by atoms with van der Waals surface area (Å²) < 4.78 is 13.2. The summed E-state index contributed by atoms with van der Waals surface area (Å²) in [5, 5.41) is 8.00. The van der Waals surface area contributed by atoms with Gasteiger partial charge in [-0.05, 0) is 46.7 Å². The third-order valence-electron chi connectivity index (χ3n) is 4.64. The number of nitrogens with one attached hydrogen (secondary N) is 1. The molecule has 3 aromatic carbocycles. The smallest absolute Gasteiger partial charge is 0.142 e. The van der Waals surface area contributed by atoms with E-state index in [0.29, 0.717) is 29.7 Å². The fraction of sp³-hybridized carbons (Fsp3) is 0.125. The zero-order valence-corrected chi connectivity index (χ0v) is 19.3. The zero-order chi connectivity index (χ0) is 20.9. The third kappa shape index (κ3) is 4.79. The van der Waals surface area contributed by atoms with Crippen molar-refractivity contribution in [2.75, 3.05) is 0 Å². The predicted octanol–water partition coefficient (Wildman–Crippen LogP) is 6.80. The molecule has 0 saturated carbocycles. The Morgan fingerprint density at radius 2 is 1.43 bits per heavy atom. The van der Waals surface area contributed by atoms with Crippen molar-refractivity contribution in [1.82, 2.24) is 10.2 Å². The number of ether oxygens (including phenoxy) is 2. The van der Waals surface area contributed by atoms with Crippen molar-refractivity contribution in [3.05, 3.63) is 98.2 Å². The molecule has 0 aliphatic heterocycles. The fourth-order valence-electron chi connectivity index (χ4n) is 3.01. The summed E-state index contributed by atoms with van der Waals surface area (Å²) in [6, 6.07) is 23.7. The summed E-state index contributed by atoms with van der Waals surface area (Å²) in [4.78, 5) is 0. The molecule has 0 saturated heterocycles. The second kappa shape index (κ2) is 9.53. The Kier molecular flexibility index (Phi) is 6.59. The number of H-pyrrole nitrogens is 1. The molecule has 0 bridgehead atoms. The van der Waals surface area contributed by atoms with Crippen LogP contribution in [0.4, 0.5) is 0 Å². The third-order valence-corrected chi connectivity index (χ3v) is 6.25. The van der Waals surface area contributed by atoms with Gasteiger partial charge in [-0.25, -0.2) is 0 Å². The van der Waals surface area contributed by atoms with Gasteiger partial charge < -0.3 is 9.47 Å². The van der Waals surface area contributed by atoms with E-state index in [9.17, 15) is 0 Å². The molecular weight excluding hydrogens is 511 g/mol. The second-order valence-electron chi connectivity index (χ2n) is 6.84. The molecule has 0 spiro atoms. The molecule has 1 N–H and O–H groups in total. The van der Waals surface area contributed by atoms with Crippen LogP contribution in [0.15, 0.2) is 72.8 Å². The maximum atomic E-state index is 6.57. The van der Waals surface area contributed by atoms with Gasteiger partial charge >= 0.3 is 0 Å². The van der Waals surface area contributed by atoms with Gasteiger partial charge in [-0.1, -0.05) is 72.3 Å². The summed E-state index contributed by atoms with van der Waals surface area (Å²) >= 11 is 8.85. The average molecular weight is 531 g/mol. The molecule has 0 fully saturated rings. The van der Waals surface area contributed by atoms with Crippen molar-refractivity contribution in [3.8, 4) is 22.8 Å². The van der Waals surface area contributed by atoms with Crippen molar-refractivity contribution in [2.24, 2.45) is 0 Å². The molecule has 0 radical (unpaired) electrons. The summed E-state index contributed by atoms with van der Waals surface area (Å²) in [7, 11) is 0. The van der Waals surface area contributed by atoms with E-state index in [2.05, 4.69) is 32.8 Å². The monoisotopic (exact) mass is 530 g/mol. The Balaban J connectivity index is 1.66. The summed E-state index contributed by atoms with van der Waals surface area (Å²) in [5.74, 6) is 1.25. The van der Waals surface area contributed by atoms with Crippen LogP contribution >= 0.6 is 34.2 Å². The maximum Gasteiger partial charge on any atom is 0.142 e. The lowest BCUT2D eigenvalue weighted by Gasteiger charge is -2.15. The first-order valence-corrected chi connectivity index (χ1v) is 11.0. The highest BCUT2D eigenvalue weighted by molar-refractivity contribution is 14.1. The first-order valence-electron chi connectivity index (χ1n) is 9.49. The van der Waals surface area contributed by atoms with E-state index >= 15 is 0 Å². The molecule has 152 valence electrons. The van der Waals surface area contributed by atoms with Crippen LogP contribution in [0.3, 0.4) is 0 Å². The van der Waals surface area contributed by atoms with Crippen molar-refractivity contribution in [1.29, 1.82) is 0 Å². The van der Waals surface area contributed by atoms with Gasteiger partial charge in [0.2, 0.25) is 0 Å². The van der Waals surface area contributed by atoms with Gasteiger partial charge in [0.25, 0.3) is 0 Å². The van der Waals surface area contributed by atoms with Crippen LogP contribution in [-0.2, 0) is 13.2 Å². The van der Waals surface area contributed by atoms with Crippen LogP contribution in [0.1, 0.15) is 16.8 Å². The first-order chi connectivity index (χ1) is 14.6. The number of aromatic amines is 1. The highest BCUT2D eigenvalue weighted by Crippen LogP contribution is 2.40. The lowest BCUT2D eigenvalue weighted by atomic mass is 10.1. The van der Waals surface area contributed by atoms with Crippen LogP contribution < -0.4 is 9.47 Å². The molecule has 0 amide bonds. The minimum Gasteiger partial charge on any atom is -0.488 e. The number of hydrogen-bond donors (Lipinski definition) is 1. The number of aromatic nitrogens is 2. The quantitative estimate of drug-likeness (QED) is 0.267. The van der Waals surface area contributed by atoms with Crippen molar-refractivity contribution < 1.29 is 9.47 Å². The van der Waals surface area contributed by atoms with Crippen LogP contribution in [0, 0.1) is 10.5 Å². The van der Waals surface area contributed by atoms with Gasteiger partial charge in [0.15, 0.2) is 0 Å². The van der Waals surface area contributed by atoms with Crippen molar-refractivity contribution >= 4 is 34.2 Å². The fourth-order valence-corrected chi connectivity index (χ4v) is 3.76. The molecule has 4 aromatic rings. The molecule has 0 aliphatic rings. The van der Waals surface area contributed by atoms with E-state index in [1.54, 1.807) is 0 Å². The van der Waals surface area contributed by atoms with Crippen LogP contribution in [0.25, 0.3) is 11.3 Å². The molecular formula is C24H20ClIN2O2. The first kappa shape index (κ1) is 20.8. The number of nitrogens with zero attached hydrogens (tertiary/aromatic N) is 1. The highest BCUT2D eigenvalue weighted by Gasteiger charge is 2.18. The van der Waals surface area contributed by atoms with Gasteiger partial charge in [-0.3, -0.25) is 5.10 Å².